The molecule has 2 N–H and O–H groups in total. The predicted molar refractivity (Wildman–Crippen MR) is 70.7 cm³/mol. The SMILES string of the molecule is O=C(O)c1cc(F)c(Nc2ccc(F)cc2Br)c(F)c1. The van der Waals surface area contributed by atoms with Crippen molar-refractivity contribution in [2.75, 3.05) is 5.32 Å². The third-order valence-corrected chi connectivity index (χ3v) is 3.14. The number of rotatable bonds is 3. The molecule has 0 atom stereocenters. The third-order valence-electron chi connectivity index (χ3n) is 2.48. The van der Waals surface area contributed by atoms with Gasteiger partial charge in [0.1, 0.15) is 11.5 Å². The maximum atomic E-state index is 13.7. The lowest BCUT2D eigenvalue weighted by Crippen LogP contribution is -2.03. The summed E-state index contributed by atoms with van der Waals surface area (Å²) in [5.74, 6) is -4.06. The Kier molecular flexibility index (Phi) is 3.99. The van der Waals surface area contributed by atoms with E-state index in [1.165, 1.54) is 6.07 Å². The minimum atomic E-state index is -1.43. The lowest BCUT2D eigenvalue weighted by atomic mass is 10.1. The van der Waals surface area contributed by atoms with E-state index in [4.69, 9.17) is 5.11 Å². The van der Waals surface area contributed by atoms with Crippen LogP contribution in [0.1, 0.15) is 10.4 Å². The highest BCUT2D eigenvalue weighted by atomic mass is 79.9. The summed E-state index contributed by atoms with van der Waals surface area (Å²) < 4.78 is 40.6. The number of carboxylic acid groups (broad SMARTS) is 1. The van der Waals surface area contributed by atoms with Crippen LogP contribution in [0.5, 0.6) is 0 Å². The van der Waals surface area contributed by atoms with Gasteiger partial charge in [-0.15, -0.1) is 0 Å². The molecule has 0 fully saturated rings. The van der Waals surface area contributed by atoms with E-state index in [-0.39, 0.29) is 10.2 Å². The molecule has 0 saturated carbocycles. The van der Waals surface area contributed by atoms with Crippen molar-refractivity contribution in [2.45, 2.75) is 0 Å². The summed E-state index contributed by atoms with van der Waals surface area (Å²) >= 11 is 3.05. The molecule has 20 heavy (non-hydrogen) atoms. The molecule has 0 saturated heterocycles. The molecule has 0 spiro atoms. The Hall–Kier alpha value is -2.02. The van der Waals surface area contributed by atoms with Crippen LogP contribution in [0.15, 0.2) is 34.8 Å². The quantitative estimate of drug-likeness (QED) is 0.871. The highest BCUT2D eigenvalue weighted by Gasteiger charge is 2.15. The van der Waals surface area contributed by atoms with E-state index < -0.39 is 34.7 Å². The molecule has 3 nitrogen and oxygen atoms in total. The minimum absolute atomic E-state index is 0.243. The summed E-state index contributed by atoms with van der Waals surface area (Å²) in [6, 6.07) is 4.94. The minimum Gasteiger partial charge on any atom is -0.478 e. The van der Waals surface area contributed by atoms with Gasteiger partial charge in [0, 0.05) is 4.47 Å². The van der Waals surface area contributed by atoms with Gasteiger partial charge in [-0.3, -0.25) is 0 Å². The molecule has 0 aliphatic heterocycles. The average Bonchev–Trinajstić information content (AvgIpc) is 2.35. The maximum Gasteiger partial charge on any atom is 0.335 e. The van der Waals surface area contributed by atoms with Crippen LogP contribution in [-0.2, 0) is 0 Å². The van der Waals surface area contributed by atoms with Crippen molar-refractivity contribution < 1.29 is 23.1 Å². The molecule has 0 unspecified atom stereocenters. The monoisotopic (exact) mass is 345 g/mol. The Morgan fingerprint density at radius 3 is 2.20 bits per heavy atom. The molecule has 104 valence electrons. The molecule has 2 aromatic rings. The maximum absolute atomic E-state index is 13.7. The van der Waals surface area contributed by atoms with E-state index >= 15 is 0 Å². The Balaban J connectivity index is 2.41. The Labute approximate surface area is 120 Å². The fraction of sp³-hybridized carbons (Fsp3) is 0. The molecule has 0 radical (unpaired) electrons. The van der Waals surface area contributed by atoms with Gasteiger partial charge in [0.15, 0.2) is 11.6 Å². The lowest BCUT2D eigenvalue weighted by Gasteiger charge is -2.11. The summed E-state index contributed by atoms with van der Waals surface area (Å²) in [6.45, 7) is 0. The molecular weight excluding hydrogens is 339 g/mol. The van der Waals surface area contributed by atoms with Crippen LogP contribution in [0.25, 0.3) is 0 Å². The van der Waals surface area contributed by atoms with Crippen molar-refractivity contribution >= 4 is 33.3 Å². The van der Waals surface area contributed by atoms with E-state index in [0.717, 1.165) is 12.1 Å². The first kappa shape index (κ1) is 14.4. The lowest BCUT2D eigenvalue weighted by molar-refractivity contribution is 0.0696. The average molecular weight is 346 g/mol. The first-order valence-corrected chi connectivity index (χ1v) is 6.12. The summed E-state index contributed by atoms with van der Waals surface area (Å²) in [6.07, 6.45) is 0. The van der Waals surface area contributed by atoms with Crippen LogP contribution >= 0.6 is 15.9 Å². The zero-order chi connectivity index (χ0) is 14.9. The fourth-order valence-corrected chi connectivity index (χ4v) is 1.99. The second kappa shape index (κ2) is 5.54. The second-order valence-electron chi connectivity index (χ2n) is 3.87. The summed E-state index contributed by atoms with van der Waals surface area (Å²) in [4.78, 5) is 10.7. The van der Waals surface area contributed by atoms with Crippen LogP contribution in [0.3, 0.4) is 0 Å². The predicted octanol–water partition coefficient (Wildman–Crippen LogP) is 4.31. The van der Waals surface area contributed by atoms with E-state index in [1.54, 1.807) is 0 Å². The third kappa shape index (κ3) is 2.93. The molecular formula is C13H7BrF3NO2. The number of halogens is 4. The van der Waals surface area contributed by atoms with Gasteiger partial charge in [-0.2, -0.15) is 0 Å². The van der Waals surface area contributed by atoms with Gasteiger partial charge in [-0.25, -0.2) is 18.0 Å². The van der Waals surface area contributed by atoms with Crippen LogP contribution in [0.2, 0.25) is 0 Å². The Bertz CT molecular complexity index is 668. The van der Waals surface area contributed by atoms with Gasteiger partial charge >= 0.3 is 5.97 Å². The Morgan fingerprint density at radius 2 is 1.70 bits per heavy atom. The topological polar surface area (TPSA) is 49.3 Å². The number of carbonyl (C=O) groups is 1. The normalized spacial score (nSPS) is 10.4. The van der Waals surface area contributed by atoms with Crippen molar-refractivity contribution in [3.05, 3.63) is 57.8 Å². The van der Waals surface area contributed by atoms with Crippen molar-refractivity contribution in [1.29, 1.82) is 0 Å². The van der Waals surface area contributed by atoms with Crippen molar-refractivity contribution in [3.8, 4) is 0 Å². The van der Waals surface area contributed by atoms with Gasteiger partial charge < -0.3 is 10.4 Å². The zero-order valence-electron chi connectivity index (χ0n) is 9.75. The van der Waals surface area contributed by atoms with Crippen LogP contribution in [0, 0.1) is 17.5 Å². The van der Waals surface area contributed by atoms with E-state index in [2.05, 4.69) is 21.2 Å². The van der Waals surface area contributed by atoms with Crippen molar-refractivity contribution in [2.24, 2.45) is 0 Å². The highest BCUT2D eigenvalue weighted by molar-refractivity contribution is 9.10. The van der Waals surface area contributed by atoms with E-state index in [9.17, 15) is 18.0 Å². The molecule has 0 aliphatic carbocycles. The summed E-state index contributed by atoms with van der Waals surface area (Å²) in [5, 5.41) is 11.1. The smallest absolute Gasteiger partial charge is 0.335 e. The van der Waals surface area contributed by atoms with Gasteiger partial charge in [-0.1, -0.05) is 0 Å². The van der Waals surface area contributed by atoms with Crippen molar-refractivity contribution in [3.63, 3.8) is 0 Å². The van der Waals surface area contributed by atoms with E-state index in [0.29, 0.717) is 12.1 Å². The number of anilines is 2. The van der Waals surface area contributed by atoms with Crippen LogP contribution < -0.4 is 5.32 Å². The second-order valence-corrected chi connectivity index (χ2v) is 4.72. The van der Waals surface area contributed by atoms with Gasteiger partial charge in [0.2, 0.25) is 0 Å². The Morgan fingerprint density at radius 1 is 1.10 bits per heavy atom. The number of hydrogen-bond donors (Lipinski definition) is 2. The molecule has 7 heteroatoms. The zero-order valence-corrected chi connectivity index (χ0v) is 11.3. The molecule has 0 aromatic heterocycles. The first-order valence-electron chi connectivity index (χ1n) is 5.33. The fourth-order valence-electron chi connectivity index (χ4n) is 1.54. The molecule has 0 amide bonds. The van der Waals surface area contributed by atoms with Gasteiger partial charge in [0.25, 0.3) is 0 Å². The van der Waals surface area contributed by atoms with Crippen LogP contribution in [0.4, 0.5) is 24.5 Å². The summed E-state index contributed by atoms with van der Waals surface area (Å²) in [7, 11) is 0. The number of hydrogen-bond acceptors (Lipinski definition) is 2. The molecule has 0 aliphatic rings. The first-order chi connectivity index (χ1) is 9.38. The standard InChI is InChI=1S/C13H7BrF3NO2/c14-8-5-7(15)1-2-11(8)18-12-9(16)3-6(13(19)20)4-10(12)17/h1-5,18H,(H,19,20). The van der Waals surface area contributed by atoms with Crippen LogP contribution in [-0.4, -0.2) is 11.1 Å². The largest absolute Gasteiger partial charge is 0.478 e. The van der Waals surface area contributed by atoms with Gasteiger partial charge in [0.05, 0.1) is 11.3 Å². The molecule has 0 bridgehead atoms. The molecule has 2 rings (SSSR count). The van der Waals surface area contributed by atoms with Gasteiger partial charge in [-0.05, 0) is 46.3 Å². The number of carboxylic acids is 1. The number of benzene rings is 2. The highest BCUT2D eigenvalue weighted by Crippen LogP contribution is 2.30. The molecule has 0 heterocycles. The summed E-state index contributed by atoms with van der Waals surface area (Å²) in [5.41, 5.74) is -0.765. The number of aromatic carboxylic acids is 1. The molecule has 2 aromatic carbocycles. The van der Waals surface area contributed by atoms with E-state index in [1.807, 2.05) is 0 Å². The van der Waals surface area contributed by atoms with Crippen molar-refractivity contribution in [1.82, 2.24) is 0 Å². The number of nitrogens with one attached hydrogen (secondary N) is 1.